The van der Waals surface area contributed by atoms with E-state index in [0.29, 0.717) is 0 Å². The summed E-state index contributed by atoms with van der Waals surface area (Å²) in [6.45, 7) is 9.26. The van der Waals surface area contributed by atoms with Gasteiger partial charge in [-0.3, -0.25) is 0 Å². The predicted octanol–water partition coefficient (Wildman–Crippen LogP) is 6.34. The number of fused-ring (bicyclic) bond motifs is 3. The summed E-state index contributed by atoms with van der Waals surface area (Å²) in [5.74, 6) is 0. The summed E-state index contributed by atoms with van der Waals surface area (Å²) in [4.78, 5) is 2.20. The standard InChI is InChI=1S/C25H27N/c1-16-12-19(18-10-8-7-9-11-18)14-21-22-15-20(26(5)6)13-17(2)24(22)25(3,4)23(16)21/h7-15H,1-6H3. The van der Waals surface area contributed by atoms with Crippen molar-refractivity contribution in [3.8, 4) is 22.3 Å². The molecule has 0 amide bonds. The molecule has 0 atom stereocenters. The Hall–Kier alpha value is -2.54. The van der Waals surface area contributed by atoms with E-state index in [2.05, 4.69) is 101 Å². The minimum Gasteiger partial charge on any atom is -0.378 e. The van der Waals surface area contributed by atoms with Gasteiger partial charge in [0.2, 0.25) is 0 Å². The molecule has 0 saturated carbocycles. The maximum Gasteiger partial charge on any atom is 0.0370 e. The second-order valence-electron chi connectivity index (χ2n) is 8.29. The molecule has 3 aromatic carbocycles. The second kappa shape index (κ2) is 5.74. The summed E-state index contributed by atoms with van der Waals surface area (Å²) in [5.41, 5.74) is 12.4. The van der Waals surface area contributed by atoms with Crippen LogP contribution in [-0.2, 0) is 5.41 Å². The van der Waals surface area contributed by atoms with Crippen LogP contribution >= 0.6 is 0 Å². The number of nitrogens with zero attached hydrogens (tertiary/aromatic N) is 1. The molecule has 26 heavy (non-hydrogen) atoms. The smallest absolute Gasteiger partial charge is 0.0370 e. The van der Waals surface area contributed by atoms with Gasteiger partial charge in [0.25, 0.3) is 0 Å². The summed E-state index contributed by atoms with van der Waals surface area (Å²) in [5, 5.41) is 0. The molecule has 0 fully saturated rings. The quantitative estimate of drug-likeness (QED) is 0.525. The SMILES string of the molecule is Cc1cc(-c2ccccc2)cc2c1C(C)(C)c1c(C)cc(N(C)C)cc1-2. The molecule has 1 aliphatic carbocycles. The highest BCUT2D eigenvalue weighted by Crippen LogP contribution is 2.53. The van der Waals surface area contributed by atoms with Crippen LogP contribution in [0, 0.1) is 13.8 Å². The van der Waals surface area contributed by atoms with Crippen LogP contribution in [0.2, 0.25) is 0 Å². The van der Waals surface area contributed by atoms with Crippen LogP contribution in [-0.4, -0.2) is 14.1 Å². The molecular formula is C25H27N. The average Bonchev–Trinajstić information content (AvgIpc) is 2.83. The Balaban J connectivity index is 2.03. The van der Waals surface area contributed by atoms with Gasteiger partial charge in [-0.1, -0.05) is 50.2 Å². The van der Waals surface area contributed by atoms with Gasteiger partial charge in [0.1, 0.15) is 0 Å². The molecule has 0 radical (unpaired) electrons. The largest absolute Gasteiger partial charge is 0.378 e. The zero-order valence-corrected chi connectivity index (χ0v) is 16.6. The summed E-state index contributed by atoms with van der Waals surface area (Å²) in [7, 11) is 4.24. The first-order valence-corrected chi connectivity index (χ1v) is 9.34. The lowest BCUT2D eigenvalue weighted by Crippen LogP contribution is -2.18. The minimum atomic E-state index is 0.0406. The van der Waals surface area contributed by atoms with Crippen LogP contribution in [0.25, 0.3) is 22.3 Å². The Morgan fingerprint density at radius 3 is 1.88 bits per heavy atom. The molecule has 3 aromatic rings. The predicted molar refractivity (Wildman–Crippen MR) is 113 cm³/mol. The normalized spacial score (nSPS) is 14.1. The molecule has 1 nitrogen and oxygen atoms in total. The van der Waals surface area contributed by atoms with Gasteiger partial charge in [-0.05, 0) is 76.6 Å². The molecule has 0 unspecified atom stereocenters. The second-order valence-corrected chi connectivity index (χ2v) is 8.29. The van der Waals surface area contributed by atoms with Crippen molar-refractivity contribution in [1.82, 2.24) is 0 Å². The molecule has 1 heteroatoms. The highest BCUT2D eigenvalue weighted by Gasteiger charge is 2.38. The lowest BCUT2D eigenvalue weighted by atomic mass is 9.78. The van der Waals surface area contributed by atoms with Crippen LogP contribution in [0.1, 0.15) is 36.1 Å². The summed E-state index contributed by atoms with van der Waals surface area (Å²) in [6, 6.07) is 20.1. The molecule has 0 spiro atoms. The first-order chi connectivity index (χ1) is 12.3. The van der Waals surface area contributed by atoms with Gasteiger partial charge in [-0.15, -0.1) is 0 Å². The maximum atomic E-state index is 2.39. The van der Waals surface area contributed by atoms with Gasteiger partial charge in [0.15, 0.2) is 0 Å². The lowest BCUT2D eigenvalue weighted by Gasteiger charge is -2.26. The van der Waals surface area contributed by atoms with E-state index in [1.165, 1.54) is 50.2 Å². The number of benzene rings is 3. The fourth-order valence-electron chi connectivity index (χ4n) is 4.82. The van der Waals surface area contributed by atoms with Crippen molar-refractivity contribution < 1.29 is 0 Å². The van der Waals surface area contributed by atoms with Gasteiger partial charge in [-0.2, -0.15) is 0 Å². The monoisotopic (exact) mass is 341 g/mol. The van der Waals surface area contributed by atoms with Gasteiger partial charge in [0, 0.05) is 25.2 Å². The number of hydrogen-bond acceptors (Lipinski definition) is 1. The zero-order valence-electron chi connectivity index (χ0n) is 16.6. The van der Waals surface area contributed by atoms with Crippen molar-refractivity contribution >= 4 is 5.69 Å². The molecule has 0 bridgehead atoms. The maximum absolute atomic E-state index is 2.39. The van der Waals surface area contributed by atoms with Crippen LogP contribution < -0.4 is 4.90 Å². The third kappa shape index (κ3) is 2.38. The number of hydrogen-bond donors (Lipinski definition) is 0. The van der Waals surface area contributed by atoms with Crippen molar-refractivity contribution in [3.05, 3.63) is 76.9 Å². The molecule has 1 aliphatic rings. The van der Waals surface area contributed by atoms with Crippen molar-refractivity contribution in [2.24, 2.45) is 0 Å². The van der Waals surface area contributed by atoms with Gasteiger partial charge < -0.3 is 4.90 Å². The van der Waals surface area contributed by atoms with Gasteiger partial charge in [-0.25, -0.2) is 0 Å². The fourth-order valence-corrected chi connectivity index (χ4v) is 4.82. The van der Waals surface area contributed by atoms with E-state index in [1.54, 1.807) is 0 Å². The molecule has 0 N–H and O–H groups in total. The highest BCUT2D eigenvalue weighted by atomic mass is 15.1. The third-order valence-electron chi connectivity index (χ3n) is 5.82. The Labute approximate surface area is 157 Å². The molecule has 0 heterocycles. The van der Waals surface area contributed by atoms with Crippen molar-refractivity contribution in [2.75, 3.05) is 19.0 Å². The van der Waals surface area contributed by atoms with E-state index in [1.807, 2.05) is 0 Å². The van der Waals surface area contributed by atoms with E-state index in [4.69, 9.17) is 0 Å². The first-order valence-electron chi connectivity index (χ1n) is 9.34. The van der Waals surface area contributed by atoms with E-state index in [9.17, 15) is 0 Å². The van der Waals surface area contributed by atoms with Gasteiger partial charge in [0.05, 0.1) is 0 Å². The Bertz CT molecular complexity index is 994. The van der Waals surface area contributed by atoms with Crippen molar-refractivity contribution in [2.45, 2.75) is 33.1 Å². The number of anilines is 1. The Kier molecular flexibility index (Phi) is 3.73. The first kappa shape index (κ1) is 16.9. The van der Waals surface area contributed by atoms with E-state index < -0.39 is 0 Å². The van der Waals surface area contributed by atoms with Crippen LogP contribution in [0.5, 0.6) is 0 Å². The minimum absolute atomic E-state index is 0.0406. The van der Waals surface area contributed by atoms with Gasteiger partial charge >= 0.3 is 0 Å². The van der Waals surface area contributed by atoms with Crippen molar-refractivity contribution in [1.29, 1.82) is 0 Å². The molecule has 0 aliphatic heterocycles. The highest BCUT2D eigenvalue weighted by molar-refractivity contribution is 5.88. The topological polar surface area (TPSA) is 3.24 Å². The van der Waals surface area contributed by atoms with Crippen LogP contribution in [0.4, 0.5) is 5.69 Å². The molecule has 0 aromatic heterocycles. The Morgan fingerprint density at radius 1 is 0.692 bits per heavy atom. The molecule has 4 rings (SSSR count). The summed E-state index contributed by atoms with van der Waals surface area (Å²) >= 11 is 0. The Morgan fingerprint density at radius 2 is 1.27 bits per heavy atom. The third-order valence-corrected chi connectivity index (χ3v) is 5.82. The fraction of sp³-hybridized carbons (Fsp3) is 0.280. The summed E-state index contributed by atoms with van der Waals surface area (Å²) in [6.07, 6.45) is 0. The average molecular weight is 341 g/mol. The van der Waals surface area contributed by atoms with Crippen LogP contribution in [0.15, 0.2) is 54.6 Å². The zero-order chi connectivity index (χ0) is 18.6. The molecular weight excluding hydrogens is 314 g/mol. The number of aryl methyl sites for hydroxylation is 2. The van der Waals surface area contributed by atoms with E-state index in [0.717, 1.165) is 0 Å². The van der Waals surface area contributed by atoms with E-state index >= 15 is 0 Å². The lowest BCUT2D eigenvalue weighted by molar-refractivity contribution is 0.651. The van der Waals surface area contributed by atoms with E-state index in [-0.39, 0.29) is 5.41 Å². The van der Waals surface area contributed by atoms with Crippen molar-refractivity contribution in [3.63, 3.8) is 0 Å². The molecule has 132 valence electrons. The molecule has 0 saturated heterocycles. The van der Waals surface area contributed by atoms with Crippen LogP contribution in [0.3, 0.4) is 0 Å². The number of rotatable bonds is 2. The summed E-state index contributed by atoms with van der Waals surface area (Å²) < 4.78 is 0.